The Kier molecular flexibility index (Phi) is 2.37. The highest BCUT2D eigenvalue weighted by Gasteiger charge is 2.45. The molecule has 0 amide bonds. The van der Waals surface area contributed by atoms with Crippen molar-refractivity contribution in [2.24, 2.45) is 11.8 Å². The molecule has 2 N–H and O–H groups in total. The lowest BCUT2D eigenvalue weighted by Crippen LogP contribution is -2.30. The summed E-state index contributed by atoms with van der Waals surface area (Å²) in [6, 6.07) is 0. The molecular weight excluding hydrogens is 184 g/mol. The van der Waals surface area contributed by atoms with Gasteiger partial charge < -0.3 is 10.2 Å². The molecule has 1 unspecified atom stereocenters. The molecule has 0 bridgehead atoms. The van der Waals surface area contributed by atoms with Crippen LogP contribution in [0.1, 0.15) is 0 Å². The molecular formula is C6H6O5S. The number of thioether (sulfide) groups is 1. The van der Waals surface area contributed by atoms with Crippen LogP contribution >= 0.6 is 11.8 Å². The van der Waals surface area contributed by atoms with E-state index in [0.29, 0.717) is 0 Å². The van der Waals surface area contributed by atoms with Crippen molar-refractivity contribution >= 4 is 28.8 Å². The van der Waals surface area contributed by atoms with E-state index in [1.807, 2.05) is 0 Å². The van der Waals surface area contributed by atoms with Crippen LogP contribution in [0.15, 0.2) is 0 Å². The van der Waals surface area contributed by atoms with Crippen molar-refractivity contribution in [2.45, 2.75) is 0 Å². The number of carbonyl (C=O) groups excluding carboxylic acids is 1. The van der Waals surface area contributed by atoms with Crippen LogP contribution in [0.25, 0.3) is 0 Å². The molecule has 2 atom stereocenters. The fourth-order valence-electron chi connectivity index (χ4n) is 1.01. The summed E-state index contributed by atoms with van der Waals surface area (Å²) in [6.45, 7) is 0. The van der Waals surface area contributed by atoms with Crippen molar-refractivity contribution < 1.29 is 24.6 Å². The Hall–Kier alpha value is -1.04. The first-order valence-electron chi connectivity index (χ1n) is 3.16. The smallest absolute Gasteiger partial charge is 0.315 e. The minimum absolute atomic E-state index is 0.0606. The van der Waals surface area contributed by atoms with Crippen molar-refractivity contribution in [3.8, 4) is 0 Å². The molecule has 1 rings (SSSR count). The quantitative estimate of drug-likeness (QED) is 0.579. The molecule has 1 saturated heterocycles. The number of carboxylic acid groups (broad SMARTS) is 2. The Morgan fingerprint density at radius 3 is 2.25 bits per heavy atom. The van der Waals surface area contributed by atoms with E-state index in [9.17, 15) is 14.4 Å². The van der Waals surface area contributed by atoms with Crippen LogP contribution in [0.2, 0.25) is 0 Å². The molecule has 5 nitrogen and oxygen atoms in total. The van der Waals surface area contributed by atoms with Crippen molar-refractivity contribution in [2.75, 3.05) is 5.75 Å². The number of carboxylic acids is 2. The van der Waals surface area contributed by atoms with Gasteiger partial charge in [-0.2, -0.15) is 0 Å². The second-order valence-electron chi connectivity index (χ2n) is 2.39. The van der Waals surface area contributed by atoms with E-state index in [-0.39, 0.29) is 5.75 Å². The minimum Gasteiger partial charge on any atom is -0.481 e. The Balaban J connectivity index is 2.84. The van der Waals surface area contributed by atoms with Gasteiger partial charge in [0.2, 0.25) is 5.12 Å². The van der Waals surface area contributed by atoms with E-state index < -0.39 is 28.9 Å². The van der Waals surface area contributed by atoms with E-state index in [2.05, 4.69) is 0 Å². The fourth-order valence-corrected chi connectivity index (χ4v) is 2.13. The van der Waals surface area contributed by atoms with Gasteiger partial charge in [-0.05, 0) is 0 Å². The molecule has 0 aromatic rings. The number of hydrogen-bond donors (Lipinski definition) is 2. The van der Waals surface area contributed by atoms with Gasteiger partial charge in [0.05, 0.1) is 5.92 Å². The predicted molar refractivity (Wildman–Crippen MR) is 39.7 cm³/mol. The number of rotatable bonds is 2. The van der Waals surface area contributed by atoms with Gasteiger partial charge in [0.25, 0.3) is 0 Å². The van der Waals surface area contributed by atoms with Crippen LogP contribution in [0.3, 0.4) is 0 Å². The lowest BCUT2D eigenvalue weighted by Gasteiger charge is -2.06. The highest BCUT2D eigenvalue weighted by Crippen LogP contribution is 2.31. The van der Waals surface area contributed by atoms with E-state index >= 15 is 0 Å². The normalized spacial score (nSPS) is 28.8. The summed E-state index contributed by atoms with van der Waals surface area (Å²) >= 11 is 0.770. The van der Waals surface area contributed by atoms with Gasteiger partial charge in [-0.25, -0.2) is 0 Å². The monoisotopic (exact) mass is 190 g/mol. The lowest BCUT2D eigenvalue weighted by atomic mass is 9.96. The predicted octanol–water partition coefficient (Wildman–Crippen LogP) is -0.339. The van der Waals surface area contributed by atoms with Gasteiger partial charge in [0.1, 0.15) is 5.92 Å². The standard InChI is InChI=1S/C6H6O5S/c7-4(8)2-1-12-6(11)3(2)5(9)10/h2-3H,1H2,(H,7,8)(H,9,10)/t2-,3?/m1/s1. The van der Waals surface area contributed by atoms with Crippen LogP contribution in [0.4, 0.5) is 0 Å². The topological polar surface area (TPSA) is 91.7 Å². The second kappa shape index (κ2) is 3.14. The average molecular weight is 190 g/mol. The Morgan fingerprint density at radius 2 is 1.92 bits per heavy atom. The van der Waals surface area contributed by atoms with Crippen LogP contribution < -0.4 is 0 Å². The molecule has 0 aromatic carbocycles. The summed E-state index contributed by atoms with van der Waals surface area (Å²) in [4.78, 5) is 31.7. The third kappa shape index (κ3) is 1.42. The maximum atomic E-state index is 10.8. The number of hydrogen-bond acceptors (Lipinski definition) is 4. The first-order chi connectivity index (χ1) is 5.54. The molecule has 66 valence electrons. The third-order valence-corrected chi connectivity index (χ3v) is 2.71. The van der Waals surface area contributed by atoms with Crippen LogP contribution in [-0.4, -0.2) is 33.0 Å². The zero-order chi connectivity index (χ0) is 9.30. The first-order valence-corrected chi connectivity index (χ1v) is 4.15. The highest BCUT2D eigenvalue weighted by molar-refractivity contribution is 8.14. The van der Waals surface area contributed by atoms with Gasteiger partial charge in [-0.15, -0.1) is 0 Å². The molecule has 12 heavy (non-hydrogen) atoms. The zero-order valence-electron chi connectivity index (χ0n) is 5.89. The van der Waals surface area contributed by atoms with Crippen molar-refractivity contribution in [1.82, 2.24) is 0 Å². The molecule has 6 heteroatoms. The summed E-state index contributed by atoms with van der Waals surface area (Å²) in [5.41, 5.74) is 0. The molecule has 0 spiro atoms. The lowest BCUT2D eigenvalue weighted by molar-refractivity contribution is -0.154. The van der Waals surface area contributed by atoms with Gasteiger partial charge in [-0.1, -0.05) is 11.8 Å². The molecule has 0 aromatic heterocycles. The van der Waals surface area contributed by atoms with Gasteiger partial charge >= 0.3 is 11.9 Å². The molecule has 1 aliphatic heterocycles. The van der Waals surface area contributed by atoms with Gasteiger partial charge in [0, 0.05) is 5.75 Å². The van der Waals surface area contributed by atoms with Gasteiger partial charge in [-0.3, -0.25) is 14.4 Å². The van der Waals surface area contributed by atoms with Gasteiger partial charge in [0.15, 0.2) is 0 Å². The number of aliphatic carboxylic acids is 2. The molecule has 0 radical (unpaired) electrons. The molecule has 1 fully saturated rings. The minimum atomic E-state index is -1.37. The molecule has 1 aliphatic rings. The van der Waals surface area contributed by atoms with Crippen LogP contribution in [0, 0.1) is 11.8 Å². The zero-order valence-corrected chi connectivity index (χ0v) is 6.71. The van der Waals surface area contributed by atoms with Crippen LogP contribution in [-0.2, 0) is 14.4 Å². The molecule has 0 saturated carbocycles. The summed E-state index contributed by atoms with van der Waals surface area (Å²) in [5.74, 6) is -4.95. The Bertz CT molecular complexity index is 248. The maximum absolute atomic E-state index is 10.8. The fraction of sp³-hybridized carbons (Fsp3) is 0.500. The van der Waals surface area contributed by atoms with Crippen molar-refractivity contribution in [1.29, 1.82) is 0 Å². The molecule has 0 aliphatic carbocycles. The first kappa shape index (κ1) is 9.05. The summed E-state index contributed by atoms with van der Waals surface area (Å²) in [7, 11) is 0. The number of carbonyl (C=O) groups is 3. The third-order valence-electron chi connectivity index (χ3n) is 1.64. The largest absolute Gasteiger partial charge is 0.481 e. The summed E-state index contributed by atoms with van der Waals surface area (Å²) in [6.07, 6.45) is 0. The van der Waals surface area contributed by atoms with E-state index in [1.54, 1.807) is 0 Å². The van der Waals surface area contributed by atoms with Crippen molar-refractivity contribution in [3.63, 3.8) is 0 Å². The SMILES string of the molecule is O=C(O)C1C(=O)SC[C@H]1C(=O)O. The van der Waals surface area contributed by atoms with E-state index in [0.717, 1.165) is 11.8 Å². The maximum Gasteiger partial charge on any atom is 0.315 e. The Morgan fingerprint density at radius 1 is 1.33 bits per heavy atom. The summed E-state index contributed by atoms with van der Waals surface area (Å²) in [5, 5.41) is 16.5. The second-order valence-corrected chi connectivity index (χ2v) is 3.42. The summed E-state index contributed by atoms with van der Waals surface area (Å²) < 4.78 is 0. The highest BCUT2D eigenvalue weighted by atomic mass is 32.2. The van der Waals surface area contributed by atoms with E-state index in [1.165, 1.54) is 0 Å². The average Bonchev–Trinajstić information content (AvgIpc) is 2.30. The van der Waals surface area contributed by atoms with Crippen molar-refractivity contribution in [3.05, 3.63) is 0 Å². The van der Waals surface area contributed by atoms with Crippen LogP contribution in [0.5, 0.6) is 0 Å². The molecule has 1 heterocycles. The van der Waals surface area contributed by atoms with E-state index in [4.69, 9.17) is 10.2 Å². The Labute approximate surface area is 71.8 Å².